The van der Waals surface area contributed by atoms with Crippen LogP contribution in [0.25, 0.3) is 11.0 Å². The highest BCUT2D eigenvalue weighted by Crippen LogP contribution is 2.29. The fraction of sp³-hybridized carbons (Fsp3) is 0.192. The molecule has 174 valence electrons. The minimum Gasteiger partial charge on any atom is -0.366 e. The number of anilines is 1. The molecule has 35 heavy (non-hydrogen) atoms. The van der Waals surface area contributed by atoms with Gasteiger partial charge in [0.2, 0.25) is 0 Å². The Labute approximate surface area is 208 Å². The molecule has 3 heterocycles. The van der Waals surface area contributed by atoms with E-state index in [1.165, 1.54) is 10.6 Å². The third-order valence-electron chi connectivity index (χ3n) is 5.91. The van der Waals surface area contributed by atoms with Gasteiger partial charge in [0.1, 0.15) is 17.3 Å². The topological polar surface area (TPSA) is 106 Å². The van der Waals surface area contributed by atoms with E-state index in [2.05, 4.69) is 36.3 Å². The molecule has 1 aliphatic rings. The lowest BCUT2D eigenvalue weighted by molar-refractivity contribution is -0.126. The lowest BCUT2D eigenvalue weighted by Crippen LogP contribution is -2.49. The van der Waals surface area contributed by atoms with Crippen LogP contribution in [0.15, 0.2) is 71.0 Å². The molecule has 1 amide bonds. The maximum Gasteiger partial charge on any atom is 0.272 e. The Kier molecular flexibility index (Phi) is 7.00. The Morgan fingerprint density at radius 1 is 1.11 bits per heavy atom. The van der Waals surface area contributed by atoms with Crippen molar-refractivity contribution in [3.8, 4) is 12.1 Å². The molecule has 8 nitrogen and oxygen atoms in total. The van der Waals surface area contributed by atoms with Gasteiger partial charge >= 0.3 is 0 Å². The third kappa shape index (κ3) is 4.68. The Morgan fingerprint density at radius 3 is 2.46 bits per heavy atom. The molecule has 0 radical (unpaired) electrons. The van der Waals surface area contributed by atoms with Gasteiger partial charge in [-0.25, -0.2) is 4.98 Å². The lowest BCUT2D eigenvalue weighted by Gasteiger charge is -2.37. The molecule has 1 aliphatic heterocycles. The number of hydrogen-bond acceptors (Lipinski definition) is 7. The maximum absolute atomic E-state index is 13.5. The molecule has 0 saturated carbocycles. The van der Waals surface area contributed by atoms with Crippen LogP contribution in [-0.4, -0.2) is 46.5 Å². The highest BCUT2D eigenvalue weighted by Gasteiger charge is 2.27. The van der Waals surface area contributed by atoms with Gasteiger partial charge in [-0.3, -0.25) is 14.2 Å². The standard InChI is InChI=1S/C26H22N6O2S/c1-2-4-22(35)26(34)31-13-11-30(12-14-31)23-20-5-3-10-29-24(20)32(25(33)21(23)16-28)17-19-8-6-18(15-27)7-9-19/h2-10,35H,1,11-14,17H2/b22-4-. The van der Waals surface area contributed by atoms with E-state index in [1.807, 2.05) is 11.0 Å². The molecular formula is C26H22N6O2S. The Balaban J connectivity index is 1.72. The number of allylic oxidation sites excluding steroid dienone is 2. The number of piperazine rings is 1. The summed E-state index contributed by atoms with van der Waals surface area (Å²) < 4.78 is 1.49. The molecule has 0 bridgehead atoms. The fourth-order valence-electron chi connectivity index (χ4n) is 4.19. The summed E-state index contributed by atoms with van der Waals surface area (Å²) in [7, 11) is 0. The number of aromatic nitrogens is 2. The van der Waals surface area contributed by atoms with Crippen LogP contribution in [0.2, 0.25) is 0 Å². The summed E-state index contributed by atoms with van der Waals surface area (Å²) in [5.74, 6) is -0.183. The molecule has 9 heteroatoms. The molecule has 2 aromatic heterocycles. The Morgan fingerprint density at radius 2 is 1.83 bits per heavy atom. The molecule has 1 aromatic carbocycles. The van der Waals surface area contributed by atoms with Crippen LogP contribution < -0.4 is 10.5 Å². The molecule has 0 aliphatic carbocycles. The van der Waals surface area contributed by atoms with E-state index in [4.69, 9.17) is 5.26 Å². The van der Waals surface area contributed by atoms with Gasteiger partial charge in [0, 0.05) is 37.8 Å². The number of carbonyl (C=O) groups excluding carboxylic acids is 1. The number of thiol groups is 1. The van der Waals surface area contributed by atoms with E-state index in [0.717, 1.165) is 5.56 Å². The van der Waals surface area contributed by atoms with Crippen molar-refractivity contribution in [2.75, 3.05) is 31.1 Å². The summed E-state index contributed by atoms with van der Waals surface area (Å²) >= 11 is 4.24. The van der Waals surface area contributed by atoms with Gasteiger partial charge in [0.25, 0.3) is 11.5 Å². The van der Waals surface area contributed by atoms with Crippen LogP contribution in [0.3, 0.4) is 0 Å². The van der Waals surface area contributed by atoms with Crippen molar-refractivity contribution in [1.82, 2.24) is 14.5 Å². The zero-order valence-electron chi connectivity index (χ0n) is 18.9. The van der Waals surface area contributed by atoms with Gasteiger partial charge < -0.3 is 9.80 Å². The third-order valence-corrected chi connectivity index (χ3v) is 6.25. The number of rotatable bonds is 5. The van der Waals surface area contributed by atoms with Crippen LogP contribution in [0.5, 0.6) is 0 Å². The highest BCUT2D eigenvalue weighted by atomic mass is 32.1. The molecule has 0 N–H and O–H groups in total. The van der Waals surface area contributed by atoms with Crippen molar-refractivity contribution in [2.45, 2.75) is 6.54 Å². The van der Waals surface area contributed by atoms with Crippen molar-refractivity contribution < 1.29 is 4.79 Å². The second kappa shape index (κ2) is 10.3. The van der Waals surface area contributed by atoms with Crippen LogP contribution in [0, 0.1) is 22.7 Å². The summed E-state index contributed by atoms with van der Waals surface area (Å²) in [5, 5.41) is 19.7. The molecule has 1 fully saturated rings. The zero-order chi connectivity index (χ0) is 24.9. The van der Waals surface area contributed by atoms with Gasteiger partial charge in [-0.1, -0.05) is 24.8 Å². The number of pyridine rings is 2. The first-order valence-electron chi connectivity index (χ1n) is 10.9. The predicted octanol–water partition coefficient (Wildman–Crippen LogP) is 2.84. The summed E-state index contributed by atoms with van der Waals surface area (Å²) in [6.07, 6.45) is 4.68. The Bertz CT molecular complexity index is 1470. The molecule has 1 saturated heterocycles. The van der Waals surface area contributed by atoms with Crippen LogP contribution in [0.1, 0.15) is 16.7 Å². The minimum absolute atomic E-state index is 0.0420. The van der Waals surface area contributed by atoms with E-state index in [9.17, 15) is 14.9 Å². The van der Waals surface area contributed by atoms with E-state index < -0.39 is 5.56 Å². The number of carbonyl (C=O) groups is 1. The van der Waals surface area contributed by atoms with Crippen molar-refractivity contribution in [3.63, 3.8) is 0 Å². The van der Waals surface area contributed by atoms with E-state index >= 15 is 0 Å². The first-order valence-corrected chi connectivity index (χ1v) is 11.4. The summed E-state index contributed by atoms with van der Waals surface area (Å²) in [6, 6.07) is 14.8. The summed E-state index contributed by atoms with van der Waals surface area (Å²) in [5.41, 5.74) is 1.97. The number of amides is 1. The minimum atomic E-state index is -0.428. The number of fused-ring (bicyclic) bond motifs is 1. The fourth-order valence-corrected chi connectivity index (χ4v) is 4.43. The second-order valence-electron chi connectivity index (χ2n) is 7.98. The number of nitrogens with zero attached hydrogens (tertiary/aromatic N) is 6. The first kappa shape index (κ1) is 23.8. The number of benzene rings is 1. The average Bonchev–Trinajstić information content (AvgIpc) is 2.90. The lowest BCUT2D eigenvalue weighted by atomic mass is 10.1. The average molecular weight is 483 g/mol. The van der Waals surface area contributed by atoms with Crippen LogP contribution in [-0.2, 0) is 11.3 Å². The van der Waals surface area contributed by atoms with Crippen molar-refractivity contribution in [2.24, 2.45) is 0 Å². The van der Waals surface area contributed by atoms with Gasteiger partial charge in [-0.2, -0.15) is 10.5 Å². The first-order chi connectivity index (χ1) is 17.0. The second-order valence-corrected chi connectivity index (χ2v) is 8.46. The van der Waals surface area contributed by atoms with Gasteiger partial charge in [0.15, 0.2) is 0 Å². The smallest absolute Gasteiger partial charge is 0.272 e. The monoisotopic (exact) mass is 482 g/mol. The molecule has 4 rings (SSSR count). The van der Waals surface area contributed by atoms with Crippen LogP contribution >= 0.6 is 12.6 Å². The Hall–Kier alpha value is -4.34. The van der Waals surface area contributed by atoms with E-state index in [0.29, 0.717) is 53.4 Å². The van der Waals surface area contributed by atoms with Gasteiger partial charge in [-0.15, -0.1) is 12.6 Å². The van der Waals surface area contributed by atoms with Crippen molar-refractivity contribution in [3.05, 3.63) is 93.3 Å². The SMILES string of the molecule is C=C/C=C(\S)C(=O)N1CCN(c2c(C#N)c(=O)n(Cc3ccc(C#N)cc3)c3ncccc23)CC1. The normalized spacial score (nSPS) is 13.9. The number of nitriles is 2. The summed E-state index contributed by atoms with van der Waals surface area (Å²) in [6.45, 7) is 5.57. The quantitative estimate of drug-likeness (QED) is 0.341. The number of hydrogen-bond donors (Lipinski definition) is 1. The summed E-state index contributed by atoms with van der Waals surface area (Å²) in [4.78, 5) is 34.5. The highest BCUT2D eigenvalue weighted by molar-refractivity contribution is 7.85. The zero-order valence-corrected chi connectivity index (χ0v) is 19.8. The molecular weight excluding hydrogens is 460 g/mol. The molecule has 0 spiro atoms. The maximum atomic E-state index is 13.5. The van der Waals surface area contributed by atoms with E-state index in [-0.39, 0.29) is 18.0 Å². The largest absolute Gasteiger partial charge is 0.366 e. The van der Waals surface area contributed by atoms with Gasteiger partial charge in [0.05, 0.1) is 28.8 Å². The predicted molar refractivity (Wildman–Crippen MR) is 137 cm³/mol. The van der Waals surface area contributed by atoms with Crippen molar-refractivity contribution in [1.29, 1.82) is 10.5 Å². The molecule has 0 atom stereocenters. The molecule has 0 unspecified atom stereocenters. The van der Waals surface area contributed by atoms with E-state index in [1.54, 1.807) is 47.5 Å². The van der Waals surface area contributed by atoms with Crippen molar-refractivity contribution >= 4 is 35.3 Å². The molecule has 3 aromatic rings. The van der Waals surface area contributed by atoms with Crippen LogP contribution in [0.4, 0.5) is 5.69 Å². The van der Waals surface area contributed by atoms with Gasteiger partial charge in [-0.05, 0) is 35.9 Å².